The van der Waals surface area contributed by atoms with Gasteiger partial charge in [-0.3, -0.25) is 9.69 Å². The van der Waals surface area contributed by atoms with Crippen LogP contribution in [0, 0.1) is 0 Å². The highest BCUT2D eigenvalue weighted by Crippen LogP contribution is 2.16. The van der Waals surface area contributed by atoms with Crippen LogP contribution >= 0.6 is 11.6 Å². The maximum absolute atomic E-state index is 12.2. The van der Waals surface area contributed by atoms with Crippen LogP contribution in [-0.4, -0.2) is 42.3 Å². The second kappa shape index (κ2) is 11.1. The van der Waals surface area contributed by atoms with Crippen LogP contribution in [0.15, 0.2) is 48.5 Å². The fourth-order valence-electron chi connectivity index (χ4n) is 3.57. The number of aryl methyl sites for hydroxylation is 1. The number of halogens is 1. The summed E-state index contributed by atoms with van der Waals surface area (Å²) in [6.45, 7) is 4.42. The van der Waals surface area contributed by atoms with Gasteiger partial charge in [0.25, 0.3) is 5.91 Å². The van der Waals surface area contributed by atoms with Gasteiger partial charge in [0.15, 0.2) is 6.61 Å². The Hall–Kier alpha value is -2.37. The van der Waals surface area contributed by atoms with Crippen molar-refractivity contribution in [2.24, 2.45) is 0 Å². The van der Waals surface area contributed by atoms with E-state index in [1.807, 2.05) is 36.4 Å². The summed E-state index contributed by atoms with van der Waals surface area (Å²) < 4.78 is 5.60. The SMILES string of the molecule is CC(=O)CCc1ccc(OCC(=O)NC2CCN(Cc3ccc(Cl)cc3)CC2)cc1. The van der Waals surface area contributed by atoms with Crippen LogP contribution in [0.2, 0.25) is 5.02 Å². The van der Waals surface area contributed by atoms with Gasteiger partial charge in [-0.15, -0.1) is 0 Å². The van der Waals surface area contributed by atoms with E-state index in [2.05, 4.69) is 22.3 Å². The number of Topliss-reactive ketones (excluding diaryl/α,β-unsaturated/α-hetero) is 1. The lowest BCUT2D eigenvalue weighted by molar-refractivity contribution is -0.124. The average molecular weight is 429 g/mol. The minimum absolute atomic E-state index is 0.0117. The van der Waals surface area contributed by atoms with E-state index in [-0.39, 0.29) is 24.3 Å². The van der Waals surface area contributed by atoms with E-state index < -0.39 is 0 Å². The van der Waals surface area contributed by atoms with Gasteiger partial charge in [0, 0.05) is 37.1 Å². The number of nitrogens with one attached hydrogen (secondary N) is 1. The lowest BCUT2D eigenvalue weighted by Gasteiger charge is -2.32. The number of amides is 1. The number of nitrogens with zero attached hydrogens (tertiary/aromatic N) is 1. The Morgan fingerprint density at radius 3 is 2.30 bits per heavy atom. The Labute approximate surface area is 183 Å². The van der Waals surface area contributed by atoms with Crippen molar-refractivity contribution in [2.75, 3.05) is 19.7 Å². The number of ether oxygens (including phenoxy) is 1. The number of carbonyl (C=O) groups excluding carboxylic acids is 2. The van der Waals surface area contributed by atoms with E-state index in [1.165, 1.54) is 5.56 Å². The molecule has 1 aliphatic rings. The van der Waals surface area contributed by atoms with Gasteiger partial charge in [0.05, 0.1) is 0 Å². The van der Waals surface area contributed by atoms with E-state index in [1.54, 1.807) is 6.92 Å². The molecule has 5 nitrogen and oxygen atoms in total. The molecule has 1 heterocycles. The third-order valence-corrected chi connectivity index (χ3v) is 5.58. The molecular formula is C24H29ClN2O3. The predicted molar refractivity (Wildman–Crippen MR) is 119 cm³/mol. The summed E-state index contributed by atoms with van der Waals surface area (Å²) in [7, 11) is 0. The van der Waals surface area contributed by atoms with Gasteiger partial charge in [0.2, 0.25) is 0 Å². The van der Waals surface area contributed by atoms with E-state index in [0.29, 0.717) is 12.2 Å². The largest absolute Gasteiger partial charge is 0.484 e. The number of hydrogen-bond donors (Lipinski definition) is 1. The molecule has 6 heteroatoms. The van der Waals surface area contributed by atoms with Crippen LogP contribution in [0.4, 0.5) is 0 Å². The Morgan fingerprint density at radius 1 is 1.03 bits per heavy atom. The maximum Gasteiger partial charge on any atom is 0.258 e. The molecule has 3 rings (SSSR count). The van der Waals surface area contributed by atoms with Crippen LogP contribution in [0.3, 0.4) is 0 Å². The van der Waals surface area contributed by atoms with E-state index >= 15 is 0 Å². The molecule has 0 bridgehead atoms. The zero-order valence-electron chi connectivity index (χ0n) is 17.4. The van der Waals surface area contributed by atoms with Crippen LogP contribution in [0.25, 0.3) is 0 Å². The lowest BCUT2D eigenvalue weighted by Crippen LogP contribution is -2.45. The van der Waals surface area contributed by atoms with Gasteiger partial charge in [-0.1, -0.05) is 35.9 Å². The molecule has 0 spiro atoms. The van der Waals surface area contributed by atoms with Crippen molar-refractivity contribution >= 4 is 23.3 Å². The van der Waals surface area contributed by atoms with Crippen molar-refractivity contribution in [1.29, 1.82) is 0 Å². The van der Waals surface area contributed by atoms with Crippen LogP contribution in [-0.2, 0) is 22.6 Å². The Morgan fingerprint density at radius 2 is 1.67 bits per heavy atom. The van der Waals surface area contributed by atoms with Crippen molar-refractivity contribution in [3.8, 4) is 5.75 Å². The van der Waals surface area contributed by atoms with Gasteiger partial charge in [-0.25, -0.2) is 0 Å². The van der Waals surface area contributed by atoms with Gasteiger partial charge >= 0.3 is 0 Å². The molecular weight excluding hydrogens is 400 g/mol. The van der Waals surface area contributed by atoms with Crippen molar-refractivity contribution in [3.63, 3.8) is 0 Å². The minimum Gasteiger partial charge on any atom is -0.484 e. The number of carbonyl (C=O) groups is 2. The summed E-state index contributed by atoms with van der Waals surface area (Å²) in [5.74, 6) is 0.754. The normalized spacial score (nSPS) is 15.0. The molecule has 1 aliphatic heterocycles. The minimum atomic E-state index is -0.0909. The molecule has 0 radical (unpaired) electrons. The molecule has 0 saturated carbocycles. The fourth-order valence-corrected chi connectivity index (χ4v) is 3.70. The summed E-state index contributed by atoms with van der Waals surface area (Å²) in [6, 6.07) is 15.7. The molecule has 2 aromatic carbocycles. The molecule has 2 aromatic rings. The Bertz CT molecular complexity index is 829. The molecule has 160 valence electrons. The Kier molecular flexibility index (Phi) is 8.29. The third-order valence-electron chi connectivity index (χ3n) is 5.33. The molecule has 0 aliphatic carbocycles. The zero-order chi connectivity index (χ0) is 21.3. The predicted octanol–water partition coefficient (Wildman–Crippen LogP) is 4.02. The first kappa shape index (κ1) is 22.3. The van der Waals surface area contributed by atoms with Gasteiger partial charge in [0.1, 0.15) is 11.5 Å². The van der Waals surface area contributed by atoms with Crippen molar-refractivity contribution in [3.05, 3.63) is 64.7 Å². The number of hydrogen-bond acceptors (Lipinski definition) is 4. The standard InChI is InChI=1S/C24H29ClN2O3/c1-18(28)2-3-19-6-10-23(11-7-19)30-17-24(29)26-22-12-14-27(15-13-22)16-20-4-8-21(25)9-5-20/h4-11,22H,2-3,12-17H2,1H3,(H,26,29). The third kappa shape index (κ3) is 7.47. The second-order valence-electron chi connectivity index (χ2n) is 7.88. The summed E-state index contributed by atoms with van der Waals surface area (Å²) >= 11 is 5.94. The first-order valence-corrected chi connectivity index (χ1v) is 10.8. The summed E-state index contributed by atoms with van der Waals surface area (Å²) in [5.41, 5.74) is 2.34. The molecule has 0 aromatic heterocycles. The molecule has 0 atom stereocenters. The van der Waals surface area contributed by atoms with E-state index in [4.69, 9.17) is 16.3 Å². The lowest BCUT2D eigenvalue weighted by atomic mass is 10.0. The first-order chi connectivity index (χ1) is 14.5. The molecule has 0 unspecified atom stereocenters. The smallest absolute Gasteiger partial charge is 0.258 e. The monoisotopic (exact) mass is 428 g/mol. The van der Waals surface area contributed by atoms with Crippen LogP contribution in [0.1, 0.15) is 37.3 Å². The highest BCUT2D eigenvalue weighted by Gasteiger charge is 2.20. The number of rotatable bonds is 9. The average Bonchev–Trinajstić information content (AvgIpc) is 2.74. The van der Waals surface area contributed by atoms with Gasteiger partial charge in [-0.2, -0.15) is 0 Å². The highest BCUT2D eigenvalue weighted by atomic mass is 35.5. The molecule has 1 N–H and O–H groups in total. The maximum atomic E-state index is 12.2. The number of likely N-dealkylation sites (tertiary alicyclic amines) is 1. The molecule has 1 amide bonds. The molecule has 1 fully saturated rings. The van der Waals surface area contributed by atoms with Gasteiger partial charge in [-0.05, 0) is 61.6 Å². The van der Waals surface area contributed by atoms with Crippen molar-refractivity contribution < 1.29 is 14.3 Å². The van der Waals surface area contributed by atoms with Crippen LogP contribution in [0.5, 0.6) is 5.75 Å². The summed E-state index contributed by atoms with van der Waals surface area (Å²) in [4.78, 5) is 25.7. The van der Waals surface area contributed by atoms with Gasteiger partial charge < -0.3 is 14.8 Å². The zero-order valence-corrected chi connectivity index (χ0v) is 18.2. The Balaban J connectivity index is 1.34. The van der Waals surface area contributed by atoms with Crippen LogP contribution < -0.4 is 10.1 Å². The molecule has 30 heavy (non-hydrogen) atoms. The first-order valence-electron chi connectivity index (χ1n) is 10.5. The van der Waals surface area contributed by atoms with E-state index in [9.17, 15) is 9.59 Å². The number of benzene rings is 2. The van der Waals surface area contributed by atoms with Crippen molar-refractivity contribution in [2.45, 2.75) is 45.2 Å². The summed E-state index contributed by atoms with van der Waals surface area (Å²) in [6.07, 6.45) is 3.14. The second-order valence-corrected chi connectivity index (χ2v) is 8.32. The number of ketones is 1. The molecule has 1 saturated heterocycles. The van der Waals surface area contributed by atoms with E-state index in [0.717, 1.165) is 49.5 Å². The summed E-state index contributed by atoms with van der Waals surface area (Å²) in [5, 5.41) is 3.84. The highest BCUT2D eigenvalue weighted by molar-refractivity contribution is 6.30. The fraction of sp³-hybridized carbons (Fsp3) is 0.417. The number of piperidine rings is 1. The van der Waals surface area contributed by atoms with Crippen molar-refractivity contribution in [1.82, 2.24) is 10.2 Å². The quantitative estimate of drug-likeness (QED) is 0.655. The topological polar surface area (TPSA) is 58.6 Å².